The fourth-order valence-corrected chi connectivity index (χ4v) is 2.28. The average Bonchev–Trinajstić information content (AvgIpc) is 2.40. The van der Waals surface area contributed by atoms with Gasteiger partial charge in [-0.3, -0.25) is 0 Å². The molecular weight excluding hydrogens is 250 g/mol. The molecule has 0 bridgehead atoms. The molecule has 0 spiro atoms. The summed E-state index contributed by atoms with van der Waals surface area (Å²) in [6, 6.07) is 5.98. The Bertz CT molecular complexity index is 410. The highest BCUT2D eigenvalue weighted by molar-refractivity contribution is 5.27. The van der Waals surface area contributed by atoms with Crippen molar-refractivity contribution in [3.8, 4) is 5.75 Å². The number of hydrogen-bond acceptors (Lipinski definition) is 6. The number of phenolic OH excluding ortho intramolecular Hbond substituents is 1. The molecule has 19 heavy (non-hydrogen) atoms. The van der Waals surface area contributed by atoms with Gasteiger partial charge in [-0.25, -0.2) is 0 Å². The molecule has 1 heterocycles. The maximum atomic E-state index is 9.86. The van der Waals surface area contributed by atoms with E-state index in [1.165, 1.54) is 12.1 Å². The Morgan fingerprint density at radius 2 is 1.84 bits per heavy atom. The molecule has 6 heteroatoms. The smallest absolute Gasteiger partial charge is 0.160 e. The van der Waals surface area contributed by atoms with Gasteiger partial charge in [-0.05, 0) is 24.1 Å². The third-order valence-electron chi connectivity index (χ3n) is 3.48. The van der Waals surface area contributed by atoms with Crippen molar-refractivity contribution in [1.82, 2.24) is 0 Å². The van der Waals surface area contributed by atoms with Crippen LogP contribution in [-0.2, 0) is 4.74 Å². The van der Waals surface area contributed by atoms with E-state index in [1.807, 2.05) is 0 Å². The molecule has 106 valence electrons. The summed E-state index contributed by atoms with van der Waals surface area (Å²) in [7, 11) is 0. The summed E-state index contributed by atoms with van der Waals surface area (Å²) in [6.07, 6.45) is -2.95. The Hall–Kier alpha value is -1.18. The third-order valence-corrected chi connectivity index (χ3v) is 3.48. The molecule has 1 aromatic carbocycles. The van der Waals surface area contributed by atoms with Crippen LogP contribution in [0.5, 0.6) is 5.75 Å². The summed E-state index contributed by atoms with van der Waals surface area (Å²) in [5.74, 6) is -0.500. The second kappa shape index (κ2) is 5.85. The van der Waals surface area contributed by atoms with Crippen molar-refractivity contribution in [3.63, 3.8) is 0 Å². The molecule has 1 aliphatic rings. The van der Waals surface area contributed by atoms with Gasteiger partial charge in [0.25, 0.3) is 0 Å². The van der Waals surface area contributed by atoms with E-state index in [0.29, 0.717) is 0 Å². The Morgan fingerprint density at radius 1 is 1.21 bits per heavy atom. The van der Waals surface area contributed by atoms with Crippen molar-refractivity contribution in [1.29, 1.82) is 0 Å². The lowest BCUT2D eigenvalue weighted by atomic mass is 9.87. The third kappa shape index (κ3) is 3.23. The fourth-order valence-electron chi connectivity index (χ4n) is 2.28. The monoisotopic (exact) mass is 269 g/mol. The van der Waals surface area contributed by atoms with Crippen molar-refractivity contribution in [2.75, 3.05) is 6.61 Å². The van der Waals surface area contributed by atoms with Crippen molar-refractivity contribution in [2.45, 2.75) is 31.0 Å². The average molecular weight is 269 g/mol. The lowest BCUT2D eigenvalue weighted by Gasteiger charge is -2.36. The van der Waals surface area contributed by atoms with Gasteiger partial charge in [-0.1, -0.05) is 12.1 Å². The Morgan fingerprint density at radius 3 is 2.47 bits per heavy atom. The second-order valence-corrected chi connectivity index (χ2v) is 4.88. The van der Waals surface area contributed by atoms with Crippen LogP contribution in [0.3, 0.4) is 0 Å². The Kier molecular flexibility index (Phi) is 4.38. The summed E-state index contributed by atoms with van der Waals surface area (Å²) in [6.45, 7) is -0.0900. The molecule has 0 aromatic heterocycles. The standard InChI is InChI=1S/C13H19NO5/c14-10(7-1-3-8(15)4-2-7)5-9-12(17)11(16)6-19-13(9)18/h1-4,9-13,15-18H,5-6,14H2/t9-,10?,11-,12-,13?/m1/s1. The number of benzene rings is 1. The van der Waals surface area contributed by atoms with E-state index in [4.69, 9.17) is 10.5 Å². The number of phenols is 1. The second-order valence-electron chi connectivity index (χ2n) is 4.88. The SMILES string of the molecule is NC(C[C@H]1C(O)OC[C@@H](O)[C@@H]1O)c1ccc(O)cc1. The Labute approximate surface area is 111 Å². The number of aliphatic hydroxyl groups is 3. The largest absolute Gasteiger partial charge is 0.508 e. The lowest BCUT2D eigenvalue weighted by molar-refractivity contribution is -0.232. The van der Waals surface area contributed by atoms with Crippen LogP contribution in [0.15, 0.2) is 24.3 Å². The van der Waals surface area contributed by atoms with Crippen molar-refractivity contribution in [2.24, 2.45) is 11.7 Å². The van der Waals surface area contributed by atoms with Crippen LogP contribution in [0.2, 0.25) is 0 Å². The summed E-state index contributed by atoms with van der Waals surface area (Å²) < 4.78 is 4.98. The minimum atomic E-state index is -1.14. The summed E-state index contributed by atoms with van der Waals surface area (Å²) in [4.78, 5) is 0. The molecular formula is C13H19NO5. The van der Waals surface area contributed by atoms with E-state index < -0.39 is 30.5 Å². The highest BCUT2D eigenvalue weighted by Gasteiger charge is 2.38. The first-order chi connectivity index (χ1) is 8.99. The van der Waals surface area contributed by atoms with Crippen LogP contribution in [0, 0.1) is 5.92 Å². The van der Waals surface area contributed by atoms with Crippen molar-refractivity contribution in [3.05, 3.63) is 29.8 Å². The van der Waals surface area contributed by atoms with Gasteiger partial charge in [0, 0.05) is 12.0 Å². The van der Waals surface area contributed by atoms with Gasteiger partial charge in [0.2, 0.25) is 0 Å². The molecule has 1 saturated heterocycles. The maximum Gasteiger partial charge on any atom is 0.160 e. The van der Waals surface area contributed by atoms with E-state index in [1.54, 1.807) is 12.1 Å². The molecule has 5 atom stereocenters. The number of aliphatic hydroxyl groups excluding tert-OH is 3. The van der Waals surface area contributed by atoms with Crippen LogP contribution in [0.4, 0.5) is 0 Å². The normalized spacial score (nSPS) is 33.1. The topological polar surface area (TPSA) is 116 Å². The first-order valence-electron chi connectivity index (χ1n) is 6.19. The van der Waals surface area contributed by atoms with Crippen molar-refractivity contribution >= 4 is 0 Å². The number of rotatable bonds is 3. The summed E-state index contributed by atoms with van der Waals surface area (Å²) in [5.41, 5.74) is 6.78. The van der Waals surface area contributed by atoms with E-state index in [-0.39, 0.29) is 18.8 Å². The van der Waals surface area contributed by atoms with Gasteiger partial charge >= 0.3 is 0 Å². The van der Waals surface area contributed by atoms with Gasteiger partial charge < -0.3 is 30.9 Å². The molecule has 1 aliphatic heterocycles. The minimum absolute atomic E-state index is 0.0900. The van der Waals surface area contributed by atoms with Gasteiger partial charge in [-0.15, -0.1) is 0 Å². The molecule has 2 rings (SSSR count). The zero-order valence-electron chi connectivity index (χ0n) is 10.4. The van der Waals surface area contributed by atoms with Gasteiger partial charge in [0.05, 0.1) is 12.7 Å². The molecule has 6 N–H and O–H groups in total. The van der Waals surface area contributed by atoms with E-state index in [0.717, 1.165) is 5.56 Å². The Balaban J connectivity index is 2.04. The van der Waals surface area contributed by atoms with Crippen LogP contribution >= 0.6 is 0 Å². The predicted octanol–water partition coefficient (Wildman–Crippen LogP) is -0.531. The highest BCUT2D eigenvalue weighted by Crippen LogP contribution is 2.29. The first kappa shape index (κ1) is 14.2. The summed E-state index contributed by atoms with van der Waals surface area (Å²) in [5, 5.41) is 38.3. The van der Waals surface area contributed by atoms with Gasteiger partial charge in [0.15, 0.2) is 6.29 Å². The number of aromatic hydroxyl groups is 1. The molecule has 0 radical (unpaired) electrons. The summed E-state index contributed by atoms with van der Waals surface area (Å²) >= 11 is 0. The molecule has 0 amide bonds. The maximum absolute atomic E-state index is 9.86. The van der Waals surface area contributed by atoms with Crippen LogP contribution in [-0.4, -0.2) is 45.5 Å². The molecule has 1 aromatic rings. The lowest BCUT2D eigenvalue weighted by Crippen LogP contribution is -2.49. The number of nitrogens with two attached hydrogens (primary N) is 1. The zero-order chi connectivity index (χ0) is 14.0. The molecule has 1 fully saturated rings. The zero-order valence-corrected chi connectivity index (χ0v) is 10.4. The highest BCUT2D eigenvalue weighted by atomic mass is 16.6. The van der Waals surface area contributed by atoms with E-state index >= 15 is 0 Å². The predicted molar refractivity (Wildman–Crippen MR) is 67.1 cm³/mol. The molecule has 2 unspecified atom stereocenters. The fraction of sp³-hybridized carbons (Fsp3) is 0.538. The molecule has 6 nitrogen and oxygen atoms in total. The van der Waals surface area contributed by atoms with Crippen LogP contribution < -0.4 is 5.73 Å². The number of ether oxygens (including phenoxy) is 1. The number of hydrogen-bond donors (Lipinski definition) is 5. The van der Waals surface area contributed by atoms with E-state index in [2.05, 4.69) is 0 Å². The van der Waals surface area contributed by atoms with Crippen molar-refractivity contribution < 1.29 is 25.2 Å². The van der Waals surface area contributed by atoms with Gasteiger partial charge in [0.1, 0.15) is 11.9 Å². The quantitative estimate of drug-likeness (QED) is 0.503. The molecule has 0 saturated carbocycles. The van der Waals surface area contributed by atoms with E-state index in [9.17, 15) is 20.4 Å². The van der Waals surface area contributed by atoms with Gasteiger partial charge in [-0.2, -0.15) is 0 Å². The van der Waals surface area contributed by atoms with Crippen LogP contribution in [0.1, 0.15) is 18.0 Å². The minimum Gasteiger partial charge on any atom is -0.508 e. The first-order valence-corrected chi connectivity index (χ1v) is 6.19. The molecule has 0 aliphatic carbocycles. The van der Waals surface area contributed by atoms with Crippen LogP contribution in [0.25, 0.3) is 0 Å².